The first-order valence-electron chi connectivity index (χ1n) is 6.20. The third-order valence-electron chi connectivity index (χ3n) is 4.31. The Balaban J connectivity index is 2.14. The zero-order chi connectivity index (χ0) is 11.5. The normalized spacial score (nSPS) is 37.6. The fraction of sp³-hybridized carbons (Fsp3) is 1.00. The summed E-state index contributed by atoms with van der Waals surface area (Å²) in [6.07, 6.45) is 2.73. The molecule has 88 valence electrons. The maximum Gasteiger partial charge on any atom is 0.0380 e. The molecule has 0 amide bonds. The van der Waals surface area contributed by atoms with Gasteiger partial charge in [-0.2, -0.15) is 0 Å². The second kappa shape index (κ2) is 2.98. The van der Waals surface area contributed by atoms with Crippen LogP contribution in [0.2, 0.25) is 0 Å². The summed E-state index contributed by atoms with van der Waals surface area (Å²) in [5.74, 6) is 0.921. The van der Waals surface area contributed by atoms with Gasteiger partial charge in [0.25, 0.3) is 0 Å². The third-order valence-corrected chi connectivity index (χ3v) is 4.31. The van der Waals surface area contributed by atoms with Gasteiger partial charge in [-0.25, -0.2) is 10.4 Å². The molecule has 15 heavy (non-hydrogen) atoms. The number of fused-ring (bicyclic) bond motifs is 2. The van der Waals surface area contributed by atoms with Crippen LogP contribution in [0.3, 0.4) is 0 Å². The van der Waals surface area contributed by atoms with Gasteiger partial charge in [-0.15, -0.1) is 0 Å². The number of nitrogens with zero attached hydrogens (tertiary/aromatic N) is 1. The molecule has 3 aliphatic rings. The predicted molar refractivity (Wildman–Crippen MR) is 64.5 cm³/mol. The zero-order valence-corrected chi connectivity index (χ0v) is 11.1. The number of hydrogen-bond acceptors (Lipinski definition) is 2. The lowest BCUT2D eigenvalue weighted by atomic mass is 9.55. The van der Waals surface area contributed by atoms with Gasteiger partial charge >= 0.3 is 0 Å². The van der Waals surface area contributed by atoms with Crippen LogP contribution >= 0.6 is 0 Å². The lowest BCUT2D eigenvalue weighted by Crippen LogP contribution is -2.76. The summed E-state index contributed by atoms with van der Waals surface area (Å²) in [6, 6.07) is 0. The fourth-order valence-electron chi connectivity index (χ4n) is 2.93. The highest BCUT2D eigenvalue weighted by Gasteiger charge is 2.57. The number of rotatable bonds is 0. The van der Waals surface area contributed by atoms with E-state index >= 15 is 0 Å². The summed E-state index contributed by atoms with van der Waals surface area (Å²) in [5, 5.41) is 2.45. The van der Waals surface area contributed by atoms with Gasteiger partial charge in [-0.1, -0.05) is 20.8 Å². The van der Waals surface area contributed by atoms with Crippen molar-refractivity contribution in [1.29, 1.82) is 0 Å². The second-order valence-corrected chi connectivity index (χ2v) is 7.50. The minimum atomic E-state index is 0.246. The molecule has 0 aromatic carbocycles. The van der Waals surface area contributed by atoms with Crippen molar-refractivity contribution in [2.45, 2.75) is 65.5 Å². The minimum absolute atomic E-state index is 0.246. The fourth-order valence-corrected chi connectivity index (χ4v) is 2.93. The monoisotopic (exact) mass is 210 g/mol. The smallest absolute Gasteiger partial charge is 0.0380 e. The summed E-state index contributed by atoms with van der Waals surface area (Å²) >= 11 is 0. The molecular formula is C13H26N2. The van der Waals surface area contributed by atoms with Gasteiger partial charge in [0.15, 0.2) is 0 Å². The summed E-state index contributed by atoms with van der Waals surface area (Å²) in [7, 11) is 0. The predicted octanol–water partition coefficient (Wildman–Crippen LogP) is 2.80. The first kappa shape index (κ1) is 11.4. The standard InChI is InChI=1S/C13H26N2/c1-11(2,3)13-7-10(8-13)9-15(14-13)12(4,5)6/h10,14H,7-9H2,1-6H3. The molecule has 2 aliphatic heterocycles. The number of nitrogens with one attached hydrogen (secondary N) is 1. The molecule has 1 saturated carbocycles. The van der Waals surface area contributed by atoms with E-state index in [1.165, 1.54) is 19.4 Å². The molecule has 2 saturated heterocycles. The van der Waals surface area contributed by atoms with E-state index in [1.54, 1.807) is 0 Å². The Bertz CT molecular complexity index is 248. The molecule has 0 unspecified atom stereocenters. The van der Waals surface area contributed by atoms with Crippen molar-refractivity contribution in [3.63, 3.8) is 0 Å². The largest absolute Gasteiger partial charge is 0.248 e. The summed E-state index contributed by atoms with van der Waals surface area (Å²) in [6.45, 7) is 15.2. The Morgan fingerprint density at radius 1 is 1.07 bits per heavy atom. The maximum atomic E-state index is 3.81. The van der Waals surface area contributed by atoms with Crippen molar-refractivity contribution < 1.29 is 0 Å². The van der Waals surface area contributed by atoms with Crippen LogP contribution in [0.1, 0.15) is 54.4 Å². The SMILES string of the molecule is CC(C)(C)N1CC2CC(C(C)(C)C)(C2)N1. The molecule has 1 N–H and O–H groups in total. The minimum Gasteiger partial charge on any atom is -0.248 e. The first-order chi connectivity index (χ1) is 6.64. The van der Waals surface area contributed by atoms with Crippen LogP contribution in [-0.2, 0) is 0 Å². The number of hydrogen-bond donors (Lipinski definition) is 1. The summed E-state index contributed by atoms with van der Waals surface area (Å²) < 4.78 is 0. The van der Waals surface area contributed by atoms with Crippen LogP contribution in [0.15, 0.2) is 0 Å². The lowest BCUT2D eigenvalue weighted by Gasteiger charge is -2.65. The van der Waals surface area contributed by atoms with Crippen LogP contribution in [0, 0.1) is 11.3 Å². The Morgan fingerprint density at radius 2 is 1.60 bits per heavy atom. The van der Waals surface area contributed by atoms with Crippen LogP contribution < -0.4 is 5.43 Å². The van der Waals surface area contributed by atoms with Crippen LogP contribution in [0.4, 0.5) is 0 Å². The zero-order valence-electron chi connectivity index (χ0n) is 11.1. The summed E-state index contributed by atoms with van der Waals surface area (Å²) in [4.78, 5) is 0. The Labute approximate surface area is 94.4 Å². The van der Waals surface area contributed by atoms with Crippen LogP contribution in [-0.4, -0.2) is 22.6 Å². The van der Waals surface area contributed by atoms with E-state index in [-0.39, 0.29) is 5.54 Å². The van der Waals surface area contributed by atoms with Gasteiger partial charge in [-0.05, 0) is 44.9 Å². The Morgan fingerprint density at radius 3 is 2.00 bits per heavy atom. The second-order valence-electron chi connectivity index (χ2n) is 7.50. The molecule has 0 spiro atoms. The molecule has 3 fully saturated rings. The topological polar surface area (TPSA) is 15.3 Å². The van der Waals surface area contributed by atoms with E-state index in [0.717, 1.165) is 5.92 Å². The highest BCUT2D eigenvalue weighted by molar-refractivity contribution is 5.11. The molecule has 3 rings (SSSR count). The van der Waals surface area contributed by atoms with Crippen molar-refractivity contribution in [2.24, 2.45) is 11.3 Å². The molecule has 2 nitrogen and oxygen atoms in total. The number of hydrazine groups is 1. The van der Waals surface area contributed by atoms with Gasteiger partial charge in [0.1, 0.15) is 0 Å². The molecule has 1 aliphatic carbocycles. The van der Waals surface area contributed by atoms with E-state index < -0.39 is 0 Å². The van der Waals surface area contributed by atoms with Gasteiger partial charge in [0.2, 0.25) is 0 Å². The van der Waals surface area contributed by atoms with Gasteiger partial charge in [0.05, 0.1) is 0 Å². The van der Waals surface area contributed by atoms with Crippen molar-refractivity contribution in [1.82, 2.24) is 10.4 Å². The van der Waals surface area contributed by atoms with E-state index in [2.05, 4.69) is 52.0 Å². The Kier molecular flexibility index (Phi) is 2.27. The molecule has 2 heterocycles. The van der Waals surface area contributed by atoms with Crippen molar-refractivity contribution >= 4 is 0 Å². The molecule has 0 aromatic heterocycles. The molecule has 0 aromatic rings. The highest BCUT2D eigenvalue weighted by Crippen LogP contribution is 2.52. The Hall–Kier alpha value is -0.0800. The van der Waals surface area contributed by atoms with E-state index in [1.807, 2.05) is 0 Å². The van der Waals surface area contributed by atoms with Crippen molar-refractivity contribution in [3.05, 3.63) is 0 Å². The summed E-state index contributed by atoms with van der Waals surface area (Å²) in [5.41, 5.74) is 4.79. The van der Waals surface area contributed by atoms with Crippen molar-refractivity contribution in [3.8, 4) is 0 Å². The van der Waals surface area contributed by atoms with Crippen molar-refractivity contribution in [2.75, 3.05) is 6.54 Å². The van der Waals surface area contributed by atoms with E-state index in [4.69, 9.17) is 0 Å². The van der Waals surface area contributed by atoms with Gasteiger partial charge in [0, 0.05) is 17.6 Å². The quantitative estimate of drug-likeness (QED) is 0.661. The molecule has 2 bridgehead atoms. The molecule has 0 radical (unpaired) electrons. The molecular weight excluding hydrogens is 184 g/mol. The highest BCUT2D eigenvalue weighted by atomic mass is 15.6. The van der Waals surface area contributed by atoms with Gasteiger partial charge in [-0.3, -0.25) is 0 Å². The van der Waals surface area contributed by atoms with Crippen LogP contribution in [0.5, 0.6) is 0 Å². The first-order valence-corrected chi connectivity index (χ1v) is 6.20. The van der Waals surface area contributed by atoms with Gasteiger partial charge < -0.3 is 0 Å². The van der Waals surface area contributed by atoms with E-state index in [0.29, 0.717) is 11.0 Å². The van der Waals surface area contributed by atoms with Crippen LogP contribution in [0.25, 0.3) is 0 Å². The lowest BCUT2D eigenvalue weighted by molar-refractivity contribution is -0.153. The van der Waals surface area contributed by atoms with E-state index in [9.17, 15) is 0 Å². The average Bonchev–Trinajstić information content (AvgIpc) is 1.99. The molecule has 0 atom stereocenters. The third kappa shape index (κ3) is 1.72. The molecule has 2 heteroatoms. The maximum absolute atomic E-state index is 3.81. The average molecular weight is 210 g/mol.